The van der Waals surface area contributed by atoms with Crippen molar-refractivity contribution in [2.45, 2.75) is 18.0 Å². The van der Waals surface area contributed by atoms with E-state index in [1.165, 1.54) is 5.69 Å². The lowest BCUT2D eigenvalue weighted by Gasteiger charge is -2.29. The fourth-order valence-corrected chi connectivity index (χ4v) is 4.80. The Morgan fingerprint density at radius 1 is 0.875 bits per heavy atom. The van der Waals surface area contributed by atoms with Gasteiger partial charge in [-0.2, -0.15) is 4.31 Å². The van der Waals surface area contributed by atoms with Crippen LogP contribution in [0.25, 0.3) is 0 Å². The van der Waals surface area contributed by atoms with Crippen LogP contribution in [-0.2, 0) is 23.1 Å². The molecule has 2 heterocycles. The predicted octanol–water partition coefficient (Wildman–Crippen LogP) is 1.80. The zero-order valence-electron chi connectivity index (χ0n) is 13.5. The summed E-state index contributed by atoms with van der Waals surface area (Å²) in [5.74, 6) is 0. The number of benzene rings is 2. The van der Waals surface area contributed by atoms with Crippen LogP contribution < -0.4 is 10.2 Å². The van der Waals surface area contributed by atoms with E-state index in [1.54, 1.807) is 28.6 Å². The van der Waals surface area contributed by atoms with Crippen LogP contribution in [0.1, 0.15) is 11.1 Å². The monoisotopic (exact) mass is 343 g/mol. The van der Waals surface area contributed by atoms with Gasteiger partial charge in [-0.05, 0) is 35.4 Å². The average Bonchev–Trinajstić information content (AvgIpc) is 3.07. The van der Waals surface area contributed by atoms with Crippen molar-refractivity contribution >= 4 is 15.7 Å². The summed E-state index contributed by atoms with van der Waals surface area (Å²) in [5, 5.41) is 3.35. The van der Waals surface area contributed by atoms with Gasteiger partial charge in [-0.1, -0.05) is 24.3 Å². The first-order valence-electron chi connectivity index (χ1n) is 8.27. The van der Waals surface area contributed by atoms with Crippen LogP contribution in [-0.4, -0.2) is 38.9 Å². The van der Waals surface area contributed by atoms with Gasteiger partial charge in [-0.3, -0.25) is 0 Å². The Hall–Kier alpha value is -1.89. The van der Waals surface area contributed by atoms with E-state index in [-0.39, 0.29) is 0 Å². The second kappa shape index (κ2) is 6.20. The third-order valence-corrected chi connectivity index (χ3v) is 6.55. The summed E-state index contributed by atoms with van der Waals surface area (Å²) in [6.45, 7) is 4.87. The number of nitrogens with zero attached hydrogens (tertiary/aromatic N) is 2. The third-order valence-electron chi connectivity index (χ3n) is 4.75. The van der Waals surface area contributed by atoms with Crippen molar-refractivity contribution in [3.8, 4) is 0 Å². The average molecular weight is 343 g/mol. The van der Waals surface area contributed by atoms with Crippen molar-refractivity contribution in [2.75, 3.05) is 31.1 Å². The number of hydrogen-bond donors (Lipinski definition) is 1. The van der Waals surface area contributed by atoms with E-state index in [4.69, 9.17) is 0 Å². The van der Waals surface area contributed by atoms with Crippen molar-refractivity contribution in [1.29, 1.82) is 0 Å². The zero-order chi connectivity index (χ0) is 16.6. The van der Waals surface area contributed by atoms with Gasteiger partial charge in [0.1, 0.15) is 0 Å². The van der Waals surface area contributed by atoms with Gasteiger partial charge in [-0.15, -0.1) is 0 Å². The van der Waals surface area contributed by atoms with Crippen molar-refractivity contribution in [3.63, 3.8) is 0 Å². The van der Waals surface area contributed by atoms with Gasteiger partial charge in [0.15, 0.2) is 0 Å². The fourth-order valence-electron chi connectivity index (χ4n) is 3.38. The molecule has 0 atom stereocenters. The second-order valence-electron chi connectivity index (χ2n) is 6.28. The van der Waals surface area contributed by atoms with E-state index in [1.807, 2.05) is 6.07 Å². The number of sulfonamides is 1. The first kappa shape index (κ1) is 15.6. The first-order valence-corrected chi connectivity index (χ1v) is 9.71. The van der Waals surface area contributed by atoms with Crippen molar-refractivity contribution in [2.24, 2.45) is 0 Å². The summed E-state index contributed by atoms with van der Waals surface area (Å²) in [6.07, 6.45) is 0. The smallest absolute Gasteiger partial charge is 0.243 e. The molecule has 4 rings (SSSR count). The van der Waals surface area contributed by atoms with Crippen LogP contribution in [0.3, 0.4) is 0 Å². The highest BCUT2D eigenvalue weighted by atomic mass is 32.2. The van der Waals surface area contributed by atoms with E-state index in [0.717, 1.165) is 37.3 Å². The first-order chi connectivity index (χ1) is 11.6. The molecule has 0 aromatic heterocycles. The predicted molar refractivity (Wildman–Crippen MR) is 94.4 cm³/mol. The molecule has 2 aliphatic heterocycles. The Bertz CT molecular complexity index is 831. The summed E-state index contributed by atoms with van der Waals surface area (Å²) >= 11 is 0. The highest BCUT2D eigenvalue weighted by Crippen LogP contribution is 2.31. The number of fused-ring (bicyclic) bond motifs is 1. The number of piperazine rings is 1. The maximum absolute atomic E-state index is 12.8. The van der Waals surface area contributed by atoms with E-state index < -0.39 is 10.0 Å². The molecule has 0 radical (unpaired) electrons. The van der Waals surface area contributed by atoms with Crippen LogP contribution >= 0.6 is 0 Å². The van der Waals surface area contributed by atoms with Crippen molar-refractivity contribution in [1.82, 2.24) is 9.62 Å². The van der Waals surface area contributed by atoms with Gasteiger partial charge in [0.2, 0.25) is 10.0 Å². The quantitative estimate of drug-likeness (QED) is 0.923. The van der Waals surface area contributed by atoms with Crippen LogP contribution in [0.2, 0.25) is 0 Å². The number of rotatable bonds is 3. The van der Waals surface area contributed by atoms with Crippen LogP contribution in [0.15, 0.2) is 53.4 Å². The molecule has 0 aliphatic carbocycles. The lowest BCUT2D eigenvalue weighted by Crippen LogP contribution is -2.43. The highest BCUT2D eigenvalue weighted by molar-refractivity contribution is 7.89. The maximum Gasteiger partial charge on any atom is 0.243 e. The Balaban J connectivity index is 1.58. The summed E-state index contributed by atoms with van der Waals surface area (Å²) in [6, 6.07) is 15.0. The van der Waals surface area contributed by atoms with Gasteiger partial charge in [-0.25, -0.2) is 8.42 Å². The Morgan fingerprint density at radius 3 is 2.33 bits per heavy atom. The van der Waals surface area contributed by atoms with Gasteiger partial charge >= 0.3 is 0 Å². The van der Waals surface area contributed by atoms with E-state index >= 15 is 0 Å². The number of anilines is 1. The molecule has 0 spiro atoms. The van der Waals surface area contributed by atoms with E-state index in [2.05, 4.69) is 28.4 Å². The minimum atomic E-state index is -3.43. The minimum Gasteiger partial charge on any atom is -0.369 e. The molecule has 0 saturated carbocycles. The number of nitrogens with one attached hydrogen (secondary N) is 1. The maximum atomic E-state index is 12.8. The largest absolute Gasteiger partial charge is 0.369 e. The number of hydrogen-bond acceptors (Lipinski definition) is 4. The lowest BCUT2D eigenvalue weighted by atomic mass is 10.1. The molecule has 6 heteroatoms. The molecule has 1 fully saturated rings. The van der Waals surface area contributed by atoms with Gasteiger partial charge in [0.05, 0.1) is 4.90 Å². The summed E-state index contributed by atoms with van der Waals surface area (Å²) < 4.78 is 27.2. The van der Waals surface area contributed by atoms with Crippen LogP contribution in [0, 0.1) is 0 Å². The van der Waals surface area contributed by atoms with E-state index in [0.29, 0.717) is 18.0 Å². The molecule has 2 aliphatic rings. The van der Waals surface area contributed by atoms with Crippen molar-refractivity contribution < 1.29 is 8.42 Å². The molecule has 5 nitrogen and oxygen atoms in total. The molecule has 0 unspecified atom stereocenters. The Kier molecular flexibility index (Phi) is 4.04. The summed E-state index contributed by atoms with van der Waals surface area (Å²) in [7, 11) is -3.43. The third kappa shape index (κ3) is 2.81. The molecule has 126 valence electrons. The lowest BCUT2D eigenvalue weighted by molar-refractivity contribution is 0.431. The van der Waals surface area contributed by atoms with Gasteiger partial charge < -0.3 is 10.2 Å². The molecule has 0 bridgehead atoms. The van der Waals surface area contributed by atoms with E-state index in [9.17, 15) is 8.42 Å². The second-order valence-corrected chi connectivity index (χ2v) is 8.21. The summed E-state index contributed by atoms with van der Waals surface area (Å²) in [5.41, 5.74) is 3.41. The molecular weight excluding hydrogens is 322 g/mol. The molecule has 1 saturated heterocycles. The minimum absolute atomic E-state index is 0.361. The summed E-state index contributed by atoms with van der Waals surface area (Å²) in [4.78, 5) is 2.71. The standard InChI is InChI=1S/C18H21N3O2S/c22-24(23,18-4-2-1-3-5-18)21-13-15-6-7-17(12-16(15)14-21)20-10-8-19-9-11-20/h1-7,12,19H,8-11,13-14H2. The van der Waals surface area contributed by atoms with Crippen LogP contribution in [0.4, 0.5) is 5.69 Å². The van der Waals surface area contributed by atoms with Crippen molar-refractivity contribution in [3.05, 3.63) is 59.7 Å². The Morgan fingerprint density at radius 2 is 1.58 bits per heavy atom. The molecule has 2 aromatic rings. The molecule has 1 N–H and O–H groups in total. The SMILES string of the molecule is O=S(=O)(c1ccccc1)N1Cc2ccc(N3CCNCC3)cc2C1. The molecule has 24 heavy (non-hydrogen) atoms. The topological polar surface area (TPSA) is 52.7 Å². The molecule has 0 amide bonds. The normalized spacial score (nSPS) is 18.6. The Labute approximate surface area is 142 Å². The molecule has 2 aromatic carbocycles. The zero-order valence-corrected chi connectivity index (χ0v) is 14.3. The molecular formula is C18H21N3O2S. The van der Waals surface area contributed by atoms with Crippen LogP contribution in [0.5, 0.6) is 0 Å². The highest BCUT2D eigenvalue weighted by Gasteiger charge is 2.30. The fraction of sp³-hybridized carbons (Fsp3) is 0.333. The van der Waals surface area contributed by atoms with Gasteiger partial charge in [0, 0.05) is 45.0 Å². The van der Waals surface area contributed by atoms with Gasteiger partial charge in [0.25, 0.3) is 0 Å².